The summed E-state index contributed by atoms with van der Waals surface area (Å²) in [5.41, 5.74) is 2.04. The van der Waals surface area contributed by atoms with E-state index in [0.717, 1.165) is 30.3 Å². The van der Waals surface area contributed by atoms with Gasteiger partial charge in [-0.3, -0.25) is 4.79 Å². The molecule has 0 aliphatic carbocycles. The molecule has 0 unspecified atom stereocenters. The van der Waals surface area contributed by atoms with E-state index in [1.165, 1.54) is 6.07 Å². The van der Waals surface area contributed by atoms with Crippen LogP contribution < -0.4 is 0 Å². The predicted octanol–water partition coefficient (Wildman–Crippen LogP) is 4.45. The average molecular weight is 404 g/mol. The monoisotopic (exact) mass is 404 g/mol. The SMILES string of the molecule is O=C(c1ccc2[nH]ccc2c1)N1CCC[C@H](Cc2nc(-c3ccccc3F)no2)C1. The zero-order valence-corrected chi connectivity index (χ0v) is 16.3. The van der Waals surface area contributed by atoms with Gasteiger partial charge >= 0.3 is 0 Å². The molecule has 2 aromatic heterocycles. The smallest absolute Gasteiger partial charge is 0.253 e. The number of aromatic nitrogens is 3. The zero-order chi connectivity index (χ0) is 20.5. The molecule has 7 heteroatoms. The van der Waals surface area contributed by atoms with E-state index in [4.69, 9.17) is 4.52 Å². The van der Waals surface area contributed by atoms with E-state index in [1.54, 1.807) is 18.2 Å². The molecule has 0 radical (unpaired) electrons. The summed E-state index contributed by atoms with van der Waals surface area (Å²) in [5, 5.41) is 4.96. The third-order valence-electron chi connectivity index (χ3n) is 5.65. The number of nitrogens with zero attached hydrogens (tertiary/aromatic N) is 3. The summed E-state index contributed by atoms with van der Waals surface area (Å²) < 4.78 is 19.3. The highest BCUT2D eigenvalue weighted by atomic mass is 19.1. The number of carbonyl (C=O) groups excluding carboxylic acids is 1. The maximum atomic E-state index is 14.0. The molecule has 0 spiro atoms. The second-order valence-electron chi connectivity index (χ2n) is 7.73. The number of likely N-dealkylation sites (tertiary alicyclic amines) is 1. The Morgan fingerprint density at radius 2 is 2.13 bits per heavy atom. The van der Waals surface area contributed by atoms with E-state index in [0.29, 0.717) is 30.0 Å². The van der Waals surface area contributed by atoms with Gasteiger partial charge in [0.2, 0.25) is 11.7 Å². The maximum Gasteiger partial charge on any atom is 0.253 e. The molecule has 1 aliphatic rings. The molecule has 1 N–H and O–H groups in total. The van der Waals surface area contributed by atoms with Gasteiger partial charge in [0, 0.05) is 42.2 Å². The Morgan fingerprint density at radius 3 is 3.03 bits per heavy atom. The summed E-state index contributed by atoms with van der Waals surface area (Å²) in [6.45, 7) is 1.38. The molecule has 4 aromatic rings. The summed E-state index contributed by atoms with van der Waals surface area (Å²) in [4.78, 5) is 22.4. The van der Waals surface area contributed by atoms with Gasteiger partial charge in [-0.25, -0.2) is 4.39 Å². The Balaban J connectivity index is 1.28. The Labute approximate surface area is 172 Å². The molecule has 0 saturated carbocycles. The molecule has 1 atom stereocenters. The van der Waals surface area contributed by atoms with Crippen molar-refractivity contribution in [3.05, 3.63) is 72.0 Å². The van der Waals surface area contributed by atoms with Gasteiger partial charge in [-0.1, -0.05) is 17.3 Å². The minimum absolute atomic E-state index is 0.0420. The number of hydrogen-bond acceptors (Lipinski definition) is 4. The van der Waals surface area contributed by atoms with E-state index in [1.807, 2.05) is 35.4 Å². The number of piperidine rings is 1. The molecule has 2 aromatic carbocycles. The minimum atomic E-state index is -0.376. The molecular formula is C23H21FN4O2. The van der Waals surface area contributed by atoms with E-state index < -0.39 is 0 Å². The lowest BCUT2D eigenvalue weighted by atomic mass is 9.94. The first-order chi connectivity index (χ1) is 14.7. The predicted molar refractivity (Wildman–Crippen MR) is 110 cm³/mol. The van der Waals surface area contributed by atoms with Gasteiger partial charge in [-0.2, -0.15) is 4.98 Å². The molecule has 1 amide bonds. The number of carbonyl (C=O) groups is 1. The summed E-state index contributed by atoms with van der Waals surface area (Å²) in [6.07, 6.45) is 4.35. The molecule has 30 heavy (non-hydrogen) atoms. The van der Waals surface area contributed by atoms with Crippen molar-refractivity contribution in [2.24, 2.45) is 5.92 Å². The van der Waals surface area contributed by atoms with E-state index in [-0.39, 0.29) is 23.5 Å². The van der Waals surface area contributed by atoms with Crippen molar-refractivity contribution in [3.8, 4) is 11.4 Å². The topological polar surface area (TPSA) is 75.0 Å². The van der Waals surface area contributed by atoms with Crippen molar-refractivity contribution in [1.82, 2.24) is 20.0 Å². The van der Waals surface area contributed by atoms with Crippen molar-refractivity contribution in [1.29, 1.82) is 0 Å². The normalized spacial score (nSPS) is 16.8. The lowest BCUT2D eigenvalue weighted by molar-refractivity contribution is 0.0668. The van der Waals surface area contributed by atoms with Crippen LogP contribution in [0.1, 0.15) is 29.1 Å². The standard InChI is InChI=1S/C23H21FN4O2/c24-19-6-2-1-5-18(19)22-26-21(30-27-22)12-15-4-3-11-28(14-15)23(29)17-7-8-20-16(13-17)9-10-25-20/h1-2,5-10,13,15,25H,3-4,11-12,14H2/t15-/m1/s1. The van der Waals surface area contributed by atoms with Gasteiger partial charge in [0.15, 0.2) is 0 Å². The molecule has 1 aliphatic heterocycles. The Hall–Kier alpha value is -3.48. The van der Waals surface area contributed by atoms with Crippen LogP contribution in [-0.2, 0) is 6.42 Å². The molecule has 1 saturated heterocycles. The summed E-state index contributed by atoms with van der Waals surface area (Å²) in [6, 6.07) is 14.1. The van der Waals surface area contributed by atoms with Gasteiger partial charge in [0.05, 0.1) is 5.56 Å². The number of halogens is 1. The van der Waals surface area contributed by atoms with Crippen molar-refractivity contribution in [2.45, 2.75) is 19.3 Å². The highest BCUT2D eigenvalue weighted by molar-refractivity contribution is 5.98. The number of fused-ring (bicyclic) bond motifs is 1. The zero-order valence-electron chi connectivity index (χ0n) is 16.3. The van der Waals surface area contributed by atoms with Crippen molar-refractivity contribution < 1.29 is 13.7 Å². The molecule has 152 valence electrons. The fourth-order valence-electron chi connectivity index (χ4n) is 4.12. The van der Waals surface area contributed by atoms with Crippen LogP contribution in [0.2, 0.25) is 0 Å². The first-order valence-corrected chi connectivity index (χ1v) is 10.1. The van der Waals surface area contributed by atoms with Crippen molar-refractivity contribution in [2.75, 3.05) is 13.1 Å². The van der Waals surface area contributed by atoms with Crippen molar-refractivity contribution in [3.63, 3.8) is 0 Å². The van der Waals surface area contributed by atoms with Crippen LogP contribution >= 0.6 is 0 Å². The number of benzene rings is 2. The van der Waals surface area contributed by atoms with Crippen LogP contribution in [0.25, 0.3) is 22.3 Å². The molecule has 0 bridgehead atoms. The van der Waals surface area contributed by atoms with Gasteiger partial charge in [-0.05, 0) is 55.2 Å². The fourth-order valence-corrected chi connectivity index (χ4v) is 4.12. The van der Waals surface area contributed by atoms with Crippen molar-refractivity contribution >= 4 is 16.8 Å². The van der Waals surface area contributed by atoms with Gasteiger partial charge in [0.25, 0.3) is 5.91 Å². The van der Waals surface area contributed by atoms with Crippen LogP contribution in [0.15, 0.2) is 59.3 Å². The Morgan fingerprint density at radius 1 is 1.23 bits per heavy atom. The third kappa shape index (κ3) is 3.58. The Bertz CT molecular complexity index is 1200. The lowest BCUT2D eigenvalue weighted by Gasteiger charge is -2.32. The third-order valence-corrected chi connectivity index (χ3v) is 5.65. The second-order valence-corrected chi connectivity index (χ2v) is 7.73. The minimum Gasteiger partial charge on any atom is -0.361 e. The number of aromatic amines is 1. The molecular weight excluding hydrogens is 383 g/mol. The largest absolute Gasteiger partial charge is 0.361 e. The molecule has 1 fully saturated rings. The highest BCUT2D eigenvalue weighted by Gasteiger charge is 2.26. The van der Waals surface area contributed by atoms with E-state index in [2.05, 4.69) is 15.1 Å². The van der Waals surface area contributed by atoms with E-state index in [9.17, 15) is 9.18 Å². The first kappa shape index (κ1) is 18.5. The maximum absolute atomic E-state index is 14.0. The molecule has 6 nitrogen and oxygen atoms in total. The number of rotatable bonds is 4. The fraction of sp³-hybridized carbons (Fsp3) is 0.261. The number of nitrogens with one attached hydrogen (secondary N) is 1. The van der Waals surface area contributed by atoms with Crippen LogP contribution in [0.3, 0.4) is 0 Å². The second kappa shape index (κ2) is 7.74. The average Bonchev–Trinajstić information content (AvgIpc) is 3.42. The van der Waals surface area contributed by atoms with Crippen LogP contribution in [0.4, 0.5) is 4.39 Å². The van der Waals surface area contributed by atoms with Gasteiger partial charge < -0.3 is 14.4 Å². The highest BCUT2D eigenvalue weighted by Crippen LogP contribution is 2.25. The summed E-state index contributed by atoms with van der Waals surface area (Å²) in [5.74, 6) is 0.625. The quantitative estimate of drug-likeness (QED) is 0.545. The lowest BCUT2D eigenvalue weighted by Crippen LogP contribution is -2.40. The van der Waals surface area contributed by atoms with Gasteiger partial charge in [-0.15, -0.1) is 0 Å². The summed E-state index contributed by atoms with van der Waals surface area (Å²) >= 11 is 0. The van der Waals surface area contributed by atoms with E-state index >= 15 is 0 Å². The van der Waals surface area contributed by atoms with Crippen LogP contribution in [-0.4, -0.2) is 39.0 Å². The number of hydrogen-bond donors (Lipinski definition) is 1. The van der Waals surface area contributed by atoms with Crippen LogP contribution in [0, 0.1) is 11.7 Å². The summed E-state index contributed by atoms with van der Waals surface area (Å²) in [7, 11) is 0. The molecule has 3 heterocycles. The van der Waals surface area contributed by atoms with Gasteiger partial charge in [0.1, 0.15) is 5.82 Å². The first-order valence-electron chi connectivity index (χ1n) is 10.1. The molecule has 5 rings (SSSR count). The Kier molecular flexibility index (Phi) is 4.78. The number of amides is 1. The van der Waals surface area contributed by atoms with Crippen LogP contribution in [0.5, 0.6) is 0 Å². The number of H-pyrrole nitrogens is 1.